The predicted molar refractivity (Wildman–Crippen MR) is 110 cm³/mol. The van der Waals surface area contributed by atoms with E-state index in [1.165, 1.54) is 0 Å². The molecule has 0 saturated carbocycles. The second kappa shape index (κ2) is 7.70. The van der Waals surface area contributed by atoms with Crippen molar-refractivity contribution in [2.75, 3.05) is 0 Å². The number of hydrogen-bond donors (Lipinski definition) is 1. The summed E-state index contributed by atoms with van der Waals surface area (Å²) >= 11 is 0.881. The topological polar surface area (TPSA) is 86.3 Å². The van der Waals surface area contributed by atoms with Crippen molar-refractivity contribution < 1.29 is 14.7 Å². The highest BCUT2D eigenvalue weighted by molar-refractivity contribution is 8.18. The molecule has 29 heavy (non-hydrogen) atoms. The van der Waals surface area contributed by atoms with Gasteiger partial charge in [-0.05, 0) is 65.9 Å². The standard InChI is InChI=1S/C22H15N3O3S/c23-13-15-4-1-2-5-16(15)14-25-21(27)20(29-22(25)28)12-18-6-3-11-24(18)17-7-9-19(26)10-8-17/h1-12,26H,14H2/b20-12-. The molecule has 1 fully saturated rings. The minimum Gasteiger partial charge on any atom is -0.508 e. The number of aromatic nitrogens is 1. The molecular formula is C22H15N3O3S. The minimum atomic E-state index is -0.383. The van der Waals surface area contributed by atoms with Gasteiger partial charge in [-0.25, -0.2) is 0 Å². The van der Waals surface area contributed by atoms with Gasteiger partial charge in [0.2, 0.25) is 0 Å². The summed E-state index contributed by atoms with van der Waals surface area (Å²) in [5.41, 5.74) is 2.63. The van der Waals surface area contributed by atoms with E-state index in [9.17, 15) is 20.0 Å². The van der Waals surface area contributed by atoms with E-state index in [0.717, 1.165) is 28.0 Å². The molecule has 0 unspecified atom stereocenters. The van der Waals surface area contributed by atoms with Gasteiger partial charge < -0.3 is 9.67 Å². The number of phenols is 1. The number of benzene rings is 2. The van der Waals surface area contributed by atoms with Crippen LogP contribution < -0.4 is 0 Å². The van der Waals surface area contributed by atoms with Gasteiger partial charge >= 0.3 is 0 Å². The molecular weight excluding hydrogens is 386 g/mol. The Morgan fingerprint density at radius 1 is 1.03 bits per heavy atom. The molecule has 2 aromatic carbocycles. The first-order valence-electron chi connectivity index (χ1n) is 8.77. The number of nitrogens with zero attached hydrogens (tertiary/aromatic N) is 3. The van der Waals surface area contributed by atoms with Gasteiger partial charge in [-0.15, -0.1) is 0 Å². The number of phenolic OH excluding ortho intramolecular Hbond substituents is 1. The van der Waals surface area contributed by atoms with Crippen LogP contribution in [0.15, 0.2) is 71.8 Å². The molecule has 3 aromatic rings. The van der Waals surface area contributed by atoms with Gasteiger partial charge in [-0.1, -0.05) is 18.2 Å². The quantitative estimate of drug-likeness (QED) is 0.659. The molecule has 2 heterocycles. The second-order valence-electron chi connectivity index (χ2n) is 6.36. The van der Waals surface area contributed by atoms with Gasteiger partial charge in [-0.2, -0.15) is 5.26 Å². The van der Waals surface area contributed by atoms with Crippen molar-refractivity contribution in [3.63, 3.8) is 0 Å². The number of thioether (sulfide) groups is 1. The van der Waals surface area contributed by atoms with Crippen LogP contribution in [0, 0.1) is 11.3 Å². The van der Waals surface area contributed by atoms with E-state index in [-0.39, 0.29) is 23.4 Å². The maximum atomic E-state index is 12.8. The van der Waals surface area contributed by atoms with Crippen molar-refractivity contribution in [2.45, 2.75) is 6.54 Å². The molecule has 0 radical (unpaired) electrons. The zero-order valence-corrected chi connectivity index (χ0v) is 16.0. The van der Waals surface area contributed by atoms with Crippen molar-refractivity contribution in [3.05, 3.63) is 88.6 Å². The molecule has 1 saturated heterocycles. The summed E-state index contributed by atoms with van der Waals surface area (Å²) < 4.78 is 1.86. The molecule has 142 valence electrons. The smallest absolute Gasteiger partial charge is 0.293 e. The summed E-state index contributed by atoms with van der Waals surface area (Å²) in [5, 5.41) is 18.3. The first kappa shape index (κ1) is 18.6. The van der Waals surface area contributed by atoms with Gasteiger partial charge in [0.05, 0.1) is 23.1 Å². The minimum absolute atomic E-state index is 0.0602. The van der Waals surface area contributed by atoms with Gasteiger partial charge in [0.25, 0.3) is 11.1 Å². The Balaban J connectivity index is 1.61. The molecule has 1 aromatic heterocycles. The van der Waals surface area contributed by atoms with Crippen LogP contribution >= 0.6 is 11.8 Å². The Kier molecular flexibility index (Phi) is 4.94. The fourth-order valence-corrected chi connectivity index (χ4v) is 3.89. The van der Waals surface area contributed by atoms with Crippen molar-refractivity contribution in [3.8, 4) is 17.5 Å². The largest absolute Gasteiger partial charge is 0.508 e. The van der Waals surface area contributed by atoms with E-state index in [2.05, 4.69) is 6.07 Å². The monoisotopic (exact) mass is 401 g/mol. The zero-order valence-electron chi connectivity index (χ0n) is 15.1. The fraction of sp³-hybridized carbons (Fsp3) is 0.0455. The first-order chi connectivity index (χ1) is 14.1. The summed E-state index contributed by atoms with van der Waals surface area (Å²) in [6.07, 6.45) is 3.51. The summed E-state index contributed by atoms with van der Waals surface area (Å²) in [7, 11) is 0. The Morgan fingerprint density at radius 2 is 1.79 bits per heavy atom. The van der Waals surface area contributed by atoms with Crippen LogP contribution in [-0.2, 0) is 11.3 Å². The average molecular weight is 401 g/mol. The summed E-state index contributed by atoms with van der Waals surface area (Å²) in [4.78, 5) is 26.7. The van der Waals surface area contributed by atoms with Gasteiger partial charge in [-0.3, -0.25) is 14.5 Å². The lowest BCUT2D eigenvalue weighted by molar-refractivity contribution is -0.123. The van der Waals surface area contributed by atoms with Crippen LogP contribution in [0.2, 0.25) is 0 Å². The molecule has 0 bridgehead atoms. The number of aromatic hydroxyl groups is 1. The lowest BCUT2D eigenvalue weighted by Gasteiger charge is -2.13. The van der Waals surface area contributed by atoms with E-state index in [0.29, 0.717) is 16.0 Å². The molecule has 0 spiro atoms. The summed E-state index contributed by atoms with van der Waals surface area (Å²) in [6.45, 7) is 0.0602. The van der Waals surface area contributed by atoms with E-state index >= 15 is 0 Å². The third kappa shape index (κ3) is 3.66. The number of rotatable bonds is 4. The van der Waals surface area contributed by atoms with Crippen molar-refractivity contribution in [2.24, 2.45) is 0 Å². The Morgan fingerprint density at radius 3 is 2.55 bits per heavy atom. The fourth-order valence-electron chi connectivity index (χ4n) is 3.07. The van der Waals surface area contributed by atoms with Crippen LogP contribution in [0.25, 0.3) is 11.8 Å². The highest BCUT2D eigenvalue weighted by Crippen LogP contribution is 2.34. The highest BCUT2D eigenvalue weighted by atomic mass is 32.2. The Bertz CT molecular complexity index is 1170. The van der Waals surface area contributed by atoms with Gasteiger partial charge in [0.1, 0.15) is 5.75 Å². The molecule has 1 N–H and O–H groups in total. The number of imide groups is 1. The molecule has 1 aliphatic rings. The van der Waals surface area contributed by atoms with E-state index in [1.54, 1.807) is 54.6 Å². The third-order valence-electron chi connectivity index (χ3n) is 4.53. The molecule has 6 nitrogen and oxygen atoms in total. The lowest BCUT2D eigenvalue weighted by Crippen LogP contribution is -2.27. The number of carbonyl (C=O) groups is 2. The Hall–Kier alpha value is -3.76. The molecule has 1 aliphatic heterocycles. The molecule has 0 aliphatic carbocycles. The van der Waals surface area contributed by atoms with Gasteiger partial charge in [0, 0.05) is 17.6 Å². The van der Waals surface area contributed by atoms with Crippen LogP contribution in [0.5, 0.6) is 5.75 Å². The van der Waals surface area contributed by atoms with E-state index in [1.807, 2.05) is 22.9 Å². The molecule has 7 heteroatoms. The van der Waals surface area contributed by atoms with Crippen molar-refractivity contribution in [1.82, 2.24) is 9.47 Å². The number of nitriles is 1. The molecule has 4 rings (SSSR count). The van der Waals surface area contributed by atoms with E-state index < -0.39 is 0 Å². The first-order valence-corrected chi connectivity index (χ1v) is 9.58. The van der Waals surface area contributed by atoms with Crippen molar-refractivity contribution in [1.29, 1.82) is 5.26 Å². The number of carbonyl (C=O) groups excluding carboxylic acids is 2. The number of hydrogen-bond acceptors (Lipinski definition) is 5. The summed E-state index contributed by atoms with van der Waals surface area (Å²) in [6, 6.07) is 19.4. The molecule has 0 atom stereocenters. The highest BCUT2D eigenvalue weighted by Gasteiger charge is 2.35. The maximum Gasteiger partial charge on any atom is 0.293 e. The lowest BCUT2D eigenvalue weighted by atomic mass is 10.1. The maximum absolute atomic E-state index is 12.8. The predicted octanol–water partition coefficient (Wildman–Crippen LogP) is 4.29. The normalized spacial score (nSPS) is 15.1. The van der Waals surface area contributed by atoms with E-state index in [4.69, 9.17) is 0 Å². The van der Waals surface area contributed by atoms with Crippen molar-refractivity contribution >= 4 is 29.0 Å². The second-order valence-corrected chi connectivity index (χ2v) is 7.35. The SMILES string of the molecule is N#Cc1ccccc1CN1C(=O)S/C(=C\c2cccn2-c2ccc(O)cc2)C1=O. The average Bonchev–Trinajstić information content (AvgIpc) is 3.29. The summed E-state index contributed by atoms with van der Waals surface area (Å²) in [5.74, 6) is -0.215. The zero-order chi connectivity index (χ0) is 20.4. The van der Waals surface area contributed by atoms with Crippen LogP contribution in [0.4, 0.5) is 4.79 Å². The van der Waals surface area contributed by atoms with Gasteiger partial charge in [0.15, 0.2) is 0 Å². The van der Waals surface area contributed by atoms with Crippen LogP contribution in [0.3, 0.4) is 0 Å². The third-order valence-corrected chi connectivity index (χ3v) is 5.43. The Labute approximate surface area is 171 Å². The molecule has 2 amide bonds. The van der Waals surface area contributed by atoms with Crippen LogP contribution in [0.1, 0.15) is 16.8 Å². The number of amides is 2. The van der Waals surface area contributed by atoms with Crippen LogP contribution in [-0.4, -0.2) is 25.7 Å².